The molecule has 2 aliphatic rings. The molecule has 0 unspecified atom stereocenters. The summed E-state index contributed by atoms with van der Waals surface area (Å²) in [4.78, 5) is 31.8. The van der Waals surface area contributed by atoms with E-state index in [2.05, 4.69) is 34.3 Å². The predicted octanol–water partition coefficient (Wildman–Crippen LogP) is 2.95. The lowest BCUT2D eigenvalue weighted by molar-refractivity contribution is 0.0440. The topological polar surface area (TPSA) is 65.1 Å². The van der Waals surface area contributed by atoms with Crippen LogP contribution in [0.1, 0.15) is 56.5 Å². The zero-order valence-electron chi connectivity index (χ0n) is 19.7. The minimum Gasteiger partial charge on any atom is -0.444 e. The van der Waals surface area contributed by atoms with Crippen LogP contribution < -0.4 is 5.32 Å². The van der Waals surface area contributed by atoms with Crippen LogP contribution >= 0.6 is 0 Å². The Labute approximate surface area is 186 Å². The van der Waals surface area contributed by atoms with Crippen molar-refractivity contribution in [1.29, 1.82) is 0 Å². The van der Waals surface area contributed by atoms with Gasteiger partial charge in [0.1, 0.15) is 5.60 Å². The van der Waals surface area contributed by atoms with Crippen LogP contribution in [-0.2, 0) is 11.3 Å². The van der Waals surface area contributed by atoms with Gasteiger partial charge in [-0.15, -0.1) is 0 Å². The van der Waals surface area contributed by atoms with Gasteiger partial charge in [0.2, 0.25) is 0 Å². The van der Waals surface area contributed by atoms with E-state index in [0.717, 1.165) is 51.1 Å². The van der Waals surface area contributed by atoms with Crippen LogP contribution in [0.15, 0.2) is 24.3 Å². The summed E-state index contributed by atoms with van der Waals surface area (Å²) >= 11 is 0. The molecule has 2 amide bonds. The largest absolute Gasteiger partial charge is 0.444 e. The number of carbonyl (C=O) groups is 2. The average Bonchev–Trinajstić information content (AvgIpc) is 2.68. The van der Waals surface area contributed by atoms with E-state index < -0.39 is 5.60 Å². The number of benzene rings is 1. The lowest BCUT2D eigenvalue weighted by Crippen LogP contribution is -2.51. The highest BCUT2D eigenvalue weighted by molar-refractivity contribution is 5.94. The number of hydrogen-bond acceptors (Lipinski definition) is 5. The van der Waals surface area contributed by atoms with Crippen molar-refractivity contribution in [1.82, 2.24) is 20.0 Å². The molecule has 0 spiro atoms. The Hall–Kier alpha value is -2.12. The second-order valence-corrected chi connectivity index (χ2v) is 9.99. The number of ether oxygens (including phenoxy) is 1. The molecule has 1 N–H and O–H groups in total. The standard InChI is InChI=1S/C24H38N4O3/c1-18-16-21(25-23(30)31-24(2,3)4)10-11-28(18)22(29)20-8-6-19(7-9-20)17-27-14-12-26(5)13-15-27/h6-9,18,21H,10-17H2,1-5H3,(H,25,30)/t18-,21+/m0/s1. The fourth-order valence-electron chi connectivity index (χ4n) is 4.26. The van der Waals surface area contributed by atoms with E-state index in [9.17, 15) is 9.59 Å². The maximum absolute atomic E-state index is 13.1. The second kappa shape index (κ2) is 10.0. The van der Waals surface area contributed by atoms with Gasteiger partial charge in [-0.25, -0.2) is 4.79 Å². The van der Waals surface area contributed by atoms with E-state index in [1.54, 1.807) is 0 Å². The van der Waals surface area contributed by atoms with Crippen LogP contribution in [0.3, 0.4) is 0 Å². The normalized spacial score (nSPS) is 23.5. The quantitative estimate of drug-likeness (QED) is 0.796. The molecular weight excluding hydrogens is 392 g/mol. The van der Waals surface area contributed by atoms with Crippen LogP contribution in [0, 0.1) is 0 Å². The molecule has 0 aliphatic carbocycles. The second-order valence-electron chi connectivity index (χ2n) is 9.99. The van der Waals surface area contributed by atoms with Gasteiger partial charge in [-0.1, -0.05) is 12.1 Å². The predicted molar refractivity (Wildman–Crippen MR) is 122 cm³/mol. The first-order valence-corrected chi connectivity index (χ1v) is 11.4. The minimum absolute atomic E-state index is 0.0277. The summed E-state index contributed by atoms with van der Waals surface area (Å²) in [6.07, 6.45) is 1.07. The summed E-state index contributed by atoms with van der Waals surface area (Å²) in [5, 5.41) is 2.95. The highest BCUT2D eigenvalue weighted by Crippen LogP contribution is 2.21. The van der Waals surface area contributed by atoms with E-state index in [1.807, 2.05) is 44.7 Å². The van der Waals surface area contributed by atoms with E-state index in [0.29, 0.717) is 6.54 Å². The van der Waals surface area contributed by atoms with Gasteiger partial charge in [0, 0.05) is 56.9 Å². The third kappa shape index (κ3) is 6.94. The number of carbonyl (C=O) groups excluding carboxylic acids is 2. The molecular formula is C24H38N4O3. The molecule has 0 radical (unpaired) electrons. The van der Waals surface area contributed by atoms with Crippen LogP contribution in [0.4, 0.5) is 4.79 Å². The van der Waals surface area contributed by atoms with Crippen LogP contribution in [-0.4, -0.2) is 84.2 Å². The third-order valence-electron chi connectivity index (χ3n) is 6.06. The molecule has 0 bridgehead atoms. The molecule has 1 aromatic rings. The summed E-state index contributed by atoms with van der Waals surface area (Å²) in [6, 6.07) is 8.14. The number of nitrogens with zero attached hydrogens (tertiary/aromatic N) is 3. The van der Waals surface area contributed by atoms with Crippen molar-refractivity contribution in [3.63, 3.8) is 0 Å². The smallest absolute Gasteiger partial charge is 0.407 e. The summed E-state index contributed by atoms with van der Waals surface area (Å²) in [7, 11) is 2.16. The van der Waals surface area contributed by atoms with Crippen molar-refractivity contribution in [2.75, 3.05) is 39.8 Å². The number of piperazine rings is 1. The Morgan fingerprint density at radius 2 is 1.71 bits per heavy atom. The van der Waals surface area contributed by atoms with Crippen LogP contribution in [0.5, 0.6) is 0 Å². The number of hydrogen-bond donors (Lipinski definition) is 1. The lowest BCUT2D eigenvalue weighted by Gasteiger charge is -2.38. The molecule has 2 fully saturated rings. The van der Waals surface area contributed by atoms with Crippen molar-refractivity contribution in [2.45, 2.75) is 64.8 Å². The fraction of sp³-hybridized carbons (Fsp3) is 0.667. The average molecular weight is 431 g/mol. The van der Waals surface area contributed by atoms with Gasteiger partial charge >= 0.3 is 6.09 Å². The van der Waals surface area contributed by atoms with Gasteiger partial charge in [-0.2, -0.15) is 0 Å². The van der Waals surface area contributed by atoms with E-state index >= 15 is 0 Å². The van der Waals surface area contributed by atoms with Gasteiger partial charge in [0.25, 0.3) is 5.91 Å². The van der Waals surface area contributed by atoms with Gasteiger partial charge < -0.3 is 19.9 Å². The highest BCUT2D eigenvalue weighted by Gasteiger charge is 2.31. The van der Waals surface area contributed by atoms with E-state index in [-0.39, 0.29) is 24.1 Å². The molecule has 2 heterocycles. The maximum Gasteiger partial charge on any atom is 0.407 e. The molecule has 7 nitrogen and oxygen atoms in total. The number of piperidine rings is 1. The molecule has 1 aromatic carbocycles. The molecule has 2 saturated heterocycles. The zero-order chi connectivity index (χ0) is 22.6. The summed E-state index contributed by atoms with van der Waals surface area (Å²) in [5.41, 5.74) is 1.46. The third-order valence-corrected chi connectivity index (χ3v) is 6.06. The number of likely N-dealkylation sites (N-methyl/N-ethyl adjacent to an activating group) is 1. The number of alkyl carbamates (subject to hydrolysis) is 1. The van der Waals surface area contributed by atoms with Crippen molar-refractivity contribution in [3.8, 4) is 0 Å². The molecule has 7 heteroatoms. The summed E-state index contributed by atoms with van der Waals surface area (Å²) in [6.45, 7) is 13.5. The number of nitrogens with one attached hydrogen (secondary N) is 1. The Morgan fingerprint density at radius 3 is 2.29 bits per heavy atom. The summed E-state index contributed by atoms with van der Waals surface area (Å²) in [5.74, 6) is 0.0642. The minimum atomic E-state index is -0.511. The number of rotatable bonds is 4. The van der Waals surface area contributed by atoms with Gasteiger partial charge in [0.15, 0.2) is 0 Å². The van der Waals surface area contributed by atoms with Crippen LogP contribution in [0.25, 0.3) is 0 Å². The van der Waals surface area contributed by atoms with E-state index in [1.165, 1.54) is 5.56 Å². The highest BCUT2D eigenvalue weighted by atomic mass is 16.6. The molecule has 3 rings (SSSR count). The van der Waals surface area contributed by atoms with Crippen molar-refractivity contribution >= 4 is 12.0 Å². The van der Waals surface area contributed by atoms with Gasteiger partial charge in [-0.3, -0.25) is 9.69 Å². The molecule has 2 atom stereocenters. The monoisotopic (exact) mass is 430 g/mol. The van der Waals surface area contributed by atoms with Crippen molar-refractivity contribution in [2.24, 2.45) is 0 Å². The zero-order valence-corrected chi connectivity index (χ0v) is 19.7. The van der Waals surface area contributed by atoms with Crippen LogP contribution in [0.2, 0.25) is 0 Å². The molecule has 0 saturated carbocycles. The molecule has 0 aromatic heterocycles. The fourth-order valence-corrected chi connectivity index (χ4v) is 4.26. The lowest BCUT2D eigenvalue weighted by atomic mass is 9.97. The SMILES string of the molecule is C[C@H]1C[C@H](NC(=O)OC(C)(C)C)CCN1C(=O)c1ccc(CN2CCN(C)CC2)cc1. The summed E-state index contributed by atoms with van der Waals surface area (Å²) < 4.78 is 5.35. The first-order valence-electron chi connectivity index (χ1n) is 11.4. The Balaban J connectivity index is 1.50. The Kier molecular flexibility index (Phi) is 7.59. The van der Waals surface area contributed by atoms with E-state index in [4.69, 9.17) is 4.74 Å². The molecule has 2 aliphatic heterocycles. The van der Waals surface area contributed by atoms with Gasteiger partial charge in [-0.05, 0) is 65.3 Å². The Morgan fingerprint density at radius 1 is 1.06 bits per heavy atom. The first-order chi connectivity index (χ1) is 14.6. The number of likely N-dealkylation sites (tertiary alicyclic amines) is 1. The van der Waals surface area contributed by atoms with Gasteiger partial charge in [0.05, 0.1) is 0 Å². The maximum atomic E-state index is 13.1. The van der Waals surface area contributed by atoms with Crippen molar-refractivity contribution in [3.05, 3.63) is 35.4 Å². The first kappa shape index (κ1) is 23.5. The molecule has 31 heavy (non-hydrogen) atoms. The molecule has 172 valence electrons. The Bertz CT molecular complexity index is 751. The van der Waals surface area contributed by atoms with Crippen molar-refractivity contribution < 1.29 is 14.3 Å². The number of amides is 2.